The lowest BCUT2D eigenvalue weighted by Gasteiger charge is -2.05. The van der Waals surface area contributed by atoms with Crippen LogP contribution in [-0.4, -0.2) is 18.7 Å². The highest BCUT2D eigenvalue weighted by molar-refractivity contribution is 5.36. The molecule has 0 fully saturated rings. The van der Waals surface area contributed by atoms with Gasteiger partial charge in [0.05, 0.1) is 0 Å². The van der Waals surface area contributed by atoms with E-state index in [9.17, 15) is 9.50 Å². The van der Waals surface area contributed by atoms with Gasteiger partial charge in [-0.1, -0.05) is 0 Å². The van der Waals surface area contributed by atoms with E-state index in [0.29, 0.717) is 5.56 Å². The summed E-state index contributed by atoms with van der Waals surface area (Å²) in [5.41, 5.74) is 1.13. The monoisotopic (exact) mass is 183 g/mol. The molecule has 0 saturated carbocycles. The average molecular weight is 183 g/mol. The number of nitrogens with one attached hydrogen (secondary N) is 1. The summed E-state index contributed by atoms with van der Waals surface area (Å²) in [6.45, 7) is 2.34. The third kappa shape index (κ3) is 2.42. The molecule has 1 aromatic carbocycles. The van der Waals surface area contributed by atoms with Crippen LogP contribution in [0.25, 0.3) is 0 Å². The van der Waals surface area contributed by atoms with Gasteiger partial charge in [0.25, 0.3) is 0 Å². The average Bonchev–Trinajstić information content (AvgIpc) is 2.10. The maximum absolute atomic E-state index is 13.1. The number of hydrogen-bond acceptors (Lipinski definition) is 2. The summed E-state index contributed by atoms with van der Waals surface area (Å²) in [6, 6.07) is 3.07. The van der Waals surface area contributed by atoms with Crippen LogP contribution < -0.4 is 5.32 Å². The van der Waals surface area contributed by atoms with Gasteiger partial charge < -0.3 is 10.4 Å². The fraction of sp³-hybridized carbons (Fsp3) is 0.400. The maximum Gasteiger partial charge on any atom is 0.130 e. The van der Waals surface area contributed by atoms with Crippen molar-refractivity contribution in [3.8, 4) is 5.75 Å². The van der Waals surface area contributed by atoms with Crippen LogP contribution >= 0.6 is 0 Å². The molecule has 0 unspecified atom stereocenters. The molecule has 3 heteroatoms. The van der Waals surface area contributed by atoms with Crippen LogP contribution in [0.15, 0.2) is 12.1 Å². The number of phenols is 1. The number of rotatable bonds is 3. The number of halogens is 1. The standard InChI is InChI=1S/C10H14FNO/c1-7-9(11)5-8(3-4-12-2)6-10(7)13/h5-6,12-13H,3-4H2,1-2H3. The SMILES string of the molecule is CNCCc1cc(O)c(C)c(F)c1. The Morgan fingerprint density at radius 1 is 1.46 bits per heavy atom. The second kappa shape index (κ2) is 4.23. The third-order valence-corrected chi connectivity index (χ3v) is 2.04. The van der Waals surface area contributed by atoms with Crippen LogP contribution in [0, 0.1) is 12.7 Å². The molecule has 0 bridgehead atoms. The molecule has 0 atom stereocenters. The molecule has 0 amide bonds. The first-order chi connectivity index (χ1) is 6.15. The van der Waals surface area contributed by atoms with E-state index in [4.69, 9.17) is 0 Å². The van der Waals surface area contributed by atoms with E-state index >= 15 is 0 Å². The van der Waals surface area contributed by atoms with Gasteiger partial charge in [-0.3, -0.25) is 0 Å². The Bertz CT molecular complexity index is 276. The predicted octanol–water partition coefficient (Wildman–Crippen LogP) is 1.60. The van der Waals surface area contributed by atoms with Gasteiger partial charge in [0, 0.05) is 5.56 Å². The zero-order chi connectivity index (χ0) is 9.84. The van der Waals surface area contributed by atoms with Gasteiger partial charge in [-0.15, -0.1) is 0 Å². The van der Waals surface area contributed by atoms with Crippen molar-refractivity contribution in [2.75, 3.05) is 13.6 Å². The minimum atomic E-state index is -0.342. The molecule has 0 aliphatic rings. The predicted molar refractivity (Wildman–Crippen MR) is 50.4 cm³/mol. The van der Waals surface area contributed by atoms with E-state index in [1.165, 1.54) is 6.07 Å². The van der Waals surface area contributed by atoms with Gasteiger partial charge in [-0.2, -0.15) is 0 Å². The van der Waals surface area contributed by atoms with Gasteiger partial charge in [0.2, 0.25) is 0 Å². The Kier molecular flexibility index (Phi) is 3.25. The topological polar surface area (TPSA) is 32.3 Å². The van der Waals surface area contributed by atoms with Crippen LogP contribution in [0.4, 0.5) is 4.39 Å². The number of phenolic OH excluding ortho intramolecular Hbond substituents is 1. The Hall–Kier alpha value is -1.09. The molecule has 0 spiro atoms. The van der Waals surface area contributed by atoms with E-state index in [1.807, 2.05) is 7.05 Å². The quantitative estimate of drug-likeness (QED) is 0.746. The molecule has 72 valence electrons. The first kappa shape index (κ1) is 9.99. The van der Waals surface area contributed by atoms with E-state index in [1.54, 1.807) is 13.0 Å². The van der Waals surface area contributed by atoms with E-state index in [0.717, 1.165) is 18.5 Å². The molecule has 1 aromatic rings. The second-order valence-corrected chi connectivity index (χ2v) is 3.08. The molecular formula is C10H14FNO. The van der Waals surface area contributed by atoms with Crippen molar-refractivity contribution >= 4 is 0 Å². The molecular weight excluding hydrogens is 169 g/mol. The van der Waals surface area contributed by atoms with Gasteiger partial charge in [0.1, 0.15) is 11.6 Å². The van der Waals surface area contributed by atoms with E-state index in [2.05, 4.69) is 5.32 Å². The van der Waals surface area contributed by atoms with Gasteiger partial charge in [0.15, 0.2) is 0 Å². The largest absolute Gasteiger partial charge is 0.508 e. The number of likely N-dealkylation sites (N-methyl/N-ethyl adjacent to an activating group) is 1. The Morgan fingerprint density at radius 3 is 2.69 bits per heavy atom. The molecule has 0 aliphatic carbocycles. The third-order valence-electron chi connectivity index (χ3n) is 2.04. The molecule has 0 aromatic heterocycles. The fourth-order valence-corrected chi connectivity index (χ4v) is 1.13. The minimum Gasteiger partial charge on any atom is -0.508 e. The van der Waals surface area contributed by atoms with Gasteiger partial charge >= 0.3 is 0 Å². The maximum atomic E-state index is 13.1. The highest BCUT2D eigenvalue weighted by Gasteiger charge is 2.05. The Labute approximate surface area is 77.4 Å². The first-order valence-corrected chi connectivity index (χ1v) is 4.27. The molecule has 0 heterocycles. The summed E-state index contributed by atoms with van der Waals surface area (Å²) in [6.07, 6.45) is 0.723. The lowest BCUT2D eigenvalue weighted by atomic mass is 10.1. The molecule has 2 N–H and O–H groups in total. The first-order valence-electron chi connectivity index (χ1n) is 4.27. The van der Waals surface area contributed by atoms with Crippen molar-refractivity contribution in [3.63, 3.8) is 0 Å². The van der Waals surface area contributed by atoms with Crippen molar-refractivity contribution in [3.05, 3.63) is 29.1 Å². The summed E-state index contributed by atoms with van der Waals surface area (Å²) in [5.74, 6) is -0.308. The fourth-order valence-electron chi connectivity index (χ4n) is 1.13. The van der Waals surface area contributed by atoms with Crippen molar-refractivity contribution in [2.24, 2.45) is 0 Å². The smallest absolute Gasteiger partial charge is 0.130 e. The zero-order valence-corrected chi connectivity index (χ0v) is 7.89. The van der Waals surface area contributed by atoms with Gasteiger partial charge in [-0.05, 0) is 44.6 Å². The van der Waals surface area contributed by atoms with Crippen LogP contribution in [0.1, 0.15) is 11.1 Å². The van der Waals surface area contributed by atoms with Crippen molar-refractivity contribution in [2.45, 2.75) is 13.3 Å². The van der Waals surface area contributed by atoms with Crippen LogP contribution in [0.5, 0.6) is 5.75 Å². The summed E-state index contributed by atoms with van der Waals surface area (Å²) in [7, 11) is 1.84. The van der Waals surface area contributed by atoms with Crippen molar-refractivity contribution in [1.29, 1.82) is 0 Å². The molecule has 0 aliphatic heterocycles. The normalized spacial score (nSPS) is 10.4. The molecule has 1 rings (SSSR count). The number of benzene rings is 1. The van der Waals surface area contributed by atoms with Crippen LogP contribution in [0.3, 0.4) is 0 Å². The summed E-state index contributed by atoms with van der Waals surface area (Å²) < 4.78 is 13.1. The highest BCUT2D eigenvalue weighted by atomic mass is 19.1. The molecule has 13 heavy (non-hydrogen) atoms. The lowest BCUT2D eigenvalue weighted by Crippen LogP contribution is -2.10. The zero-order valence-electron chi connectivity index (χ0n) is 7.89. The van der Waals surface area contributed by atoms with Gasteiger partial charge in [-0.25, -0.2) is 4.39 Å². The van der Waals surface area contributed by atoms with Crippen molar-refractivity contribution in [1.82, 2.24) is 5.32 Å². The van der Waals surface area contributed by atoms with Crippen molar-refractivity contribution < 1.29 is 9.50 Å². The summed E-state index contributed by atoms with van der Waals surface area (Å²) >= 11 is 0. The van der Waals surface area contributed by atoms with E-state index in [-0.39, 0.29) is 11.6 Å². The van der Waals surface area contributed by atoms with E-state index < -0.39 is 0 Å². The summed E-state index contributed by atoms with van der Waals surface area (Å²) in [5, 5.41) is 12.3. The number of aromatic hydroxyl groups is 1. The highest BCUT2D eigenvalue weighted by Crippen LogP contribution is 2.21. The lowest BCUT2D eigenvalue weighted by molar-refractivity contribution is 0.461. The molecule has 2 nitrogen and oxygen atoms in total. The van der Waals surface area contributed by atoms with Crippen LogP contribution in [0.2, 0.25) is 0 Å². The van der Waals surface area contributed by atoms with Crippen LogP contribution in [-0.2, 0) is 6.42 Å². The minimum absolute atomic E-state index is 0.0334. The Morgan fingerprint density at radius 2 is 2.15 bits per heavy atom. The molecule has 0 radical (unpaired) electrons. The number of hydrogen-bond donors (Lipinski definition) is 2. The Balaban J connectivity index is 2.86. The summed E-state index contributed by atoms with van der Waals surface area (Å²) in [4.78, 5) is 0. The second-order valence-electron chi connectivity index (χ2n) is 3.08. The molecule has 0 saturated heterocycles.